The van der Waals surface area contributed by atoms with E-state index in [1.165, 1.54) is 42.4 Å². The van der Waals surface area contributed by atoms with E-state index in [2.05, 4.69) is 23.5 Å². The van der Waals surface area contributed by atoms with E-state index in [9.17, 15) is 13.2 Å². The maximum absolute atomic E-state index is 13.0. The lowest BCUT2D eigenvalue weighted by atomic mass is 9.89. The van der Waals surface area contributed by atoms with Crippen molar-refractivity contribution in [1.29, 1.82) is 0 Å². The number of anilines is 1. The number of hydrogen-bond donors (Lipinski definition) is 1. The summed E-state index contributed by atoms with van der Waals surface area (Å²) in [5.41, 5.74) is 6.05. The van der Waals surface area contributed by atoms with E-state index in [0.29, 0.717) is 5.69 Å². The largest absolute Gasteiger partial charge is 0.348 e. The smallest absolute Gasteiger partial charge is 0.304 e. The van der Waals surface area contributed by atoms with Crippen molar-refractivity contribution in [2.75, 3.05) is 24.9 Å². The van der Waals surface area contributed by atoms with Crippen molar-refractivity contribution in [3.63, 3.8) is 0 Å². The highest BCUT2D eigenvalue weighted by Gasteiger charge is 2.29. The molecule has 2 aromatic rings. The lowest BCUT2D eigenvalue weighted by molar-refractivity contribution is -0.120. The summed E-state index contributed by atoms with van der Waals surface area (Å²) in [6.45, 7) is 5.41. The molecule has 1 aliphatic rings. The summed E-state index contributed by atoms with van der Waals surface area (Å²) in [4.78, 5) is 12.9. The first kappa shape index (κ1) is 23.3. The Morgan fingerprint density at radius 2 is 1.71 bits per heavy atom. The highest BCUT2D eigenvalue weighted by molar-refractivity contribution is 7.90. The molecule has 7 heteroatoms. The minimum absolute atomic E-state index is 0.206. The number of benzene rings is 2. The average Bonchev–Trinajstić information content (AvgIpc) is 2.73. The Balaban J connectivity index is 1.81. The maximum Gasteiger partial charge on any atom is 0.304 e. The first-order valence-corrected chi connectivity index (χ1v) is 12.2. The van der Waals surface area contributed by atoms with Crippen molar-refractivity contribution in [2.45, 2.75) is 52.5 Å². The van der Waals surface area contributed by atoms with Crippen LogP contribution in [0, 0.1) is 13.8 Å². The molecule has 1 N–H and O–H groups in total. The molecule has 31 heavy (non-hydrogen) atoms. The van der Waals surface area contributed by atoms with Crippen LogP contribution >= 0.6 is 0 Å². The molecule has 3 rings (SSSR count). The number of hydrogen-bond acceptors (Lipinski definition) is 3. The van der Waals surface area contributed by atoms with Crippen molar-refractivity contribution < 1.29 is 13.2 Å². The van der Waals surface area contributed by atoms with E-state index >= 15 is 0 Å². The summed E-state index contributed by atoms with van der Waals surface area (Å²) in [5, 5.41) is 2.98. The van der Waals surface area contributed by atoms with Crippen molar-refractivity contribution in [3.05, 3.63) is 64.2 Å². The van der Waals surface area contributed by atoms with Crippen molar-refractivity contribution >= 4 is 21.8 Å². The van der Waals surface area contributed by atoms with Crippen LogP contribution in [0.4, 0.5) is 5.69 Å². The van der Waals surface area contributed by atoms with Gasteiger partial charge in [-0.25, -0.2) is 4.31 Å². The average molecular weight is 444 g/mol. The standard InChI is InChI=1S/C24H33N3O3S/c1-17-10-11-18(2)23(14-17)27(31(29,30)26(4)5)16-24(28)25-19(3)21-13-12-20-8-6-7-9-22(20)15-21/h10-15,19H,6-9,16H2,1-5H3,(H,25,28)/t19-/m1/s1. The van der Waals surface area contributed by atoms with E-state index in [-0.39, 0.29) is 18.5 Å². The van der Waals surface area contributed by atoms with Gasteiger partial charge in [0.1, 0.15) is 6.54 Å². The van der Waals surface area contributed by atoms with Crippen molar-refractivity contribution in [1.82, 2.24) is 9.62 Å². The number of carbonyl (C=O) groups is 1. The molecular formula is C24H33N3O3S. The minimum Gasteiger partial charge on any atom is -0.348 e. The van der Waals surface area contributed by atoms with Crippen LogP contribution < -0.4 is 9.62 Å². The van der Waals surface area contributed by atoms with Crippen LogP contribution in [-0.4, -0.2) is 39.3 Å². The van der Waals surface area contributed by atoms with Crippen LogP contribution in [0.15, 0.2) is 36.4 Å². The van der Waals surface area contributed by atoms with Gasteiger partial charge in [0.05, 0.1) is 11.7 Å². The van der Waals surface area contributed by atoms with Crippen LogP contribution in [0.25, 0.3) is 0 Å². The lowest BCUT2D eigenvalue weighted by Gasteiger charge is -2.29. The van der Waals surface area contributed by atoms with E-state index < -0.39 is 10.2 Å². The Bertz CT molecular complexity index is 1060. The molecule has 0 saturated heterocycles. The van der Waals surface area contributed by atoms with E-state index in [4.69, 9.17) is 0 Å². The topological polar surface area (TPSA) is 69.7 Å². The van der Waals surface area contributed by atoms with Crippen LogP contribution in [0.1, 0.15) is 53.6 Å². The monoisotopic (exact) mass is 443 g/mol. The molecule has 168 valence electrons. The lowest BCUT2D eigenvalue weighted by Crippen LogP contribution is -2.46. The predicted octanol–water partition coefficient (Wildman–Crippen LogP) is 3.67. The molecule has 1 atom stereocenters. The van der Waals surface area contributed by atoms with Gasteiger partial charge in [-0.1, -0.05) is 30.3 Å². The number of fused-ring (bicyclic) bond motifs is 1. The fraction of sp³-hybridized carbons (Fsp3) is 0.458. The van der Waals surface area contributed by atoms with Gasteiger partial charge in [-0.05, 0) is 80.3 Å². The Morgan fingerprint density at radius 1 is 1.03 bits per heavy atom. The predicted molar refractivity (Wildman–Crippen MR) is 126 cm³/mol. The van der Waals surface area contributed by atoms with E-state index in [1.807, 2.05) is 32.9 Å². The van der Waals surface area contributed by atoms with Gasteiger partial charge < -0.3 is 5.32 Å². The zero-order valence-corrected chi connectivity index (χ0v) is 19.9. The summed E-state index contributed by atoms with van der Waals surface area (Å²) in [7, 11) is -0.886. The minimum atomic E-state index is -3.83. The van der Waals surface area contributed by atoms with Crippen LogP contribution in [0.3, 0.4) is 0 Å². The Hall–Kier alpha value is -2.38. The molecule has 0 spiro atoms. The van der Waals surface area contributed by atoms with Gasteiger partial charge in [-0.15, -0.1) is 0 Å². The van der Waals surface area contributed by atoms with Gasteiger partial charge in [0.2, 0.25) is 5.91 Å². The first-order chi connectivity index (χ1) is 14.6. The molecule has 0 aromatic heterocycles. The zero-order valence-electron chi connectivity index (χ0n) is 19.1. The molecule has 0 heterocycles. The summed E-state index contributed by atoms with van der Waals surface area (Å²) >= 11 is 0. The zero-order chi connectivity index (χ0) is 22.8. The number of nitrogens with one attached hydrogen (secondary N) is 1. The summed E-state index contributed by atoms with van der Waals surface area (Å²) < 4.78 is 28.4. The third kappa shape index (κ3) is 5.28. The third-order valence-electron chi connectivity index (χ3n) is 5.91. The molecule has 0 unspecified atom stereocenters. The molecule has 1 aliphatic carbocycles. The van der Waals surface area contributed by atoms with Gasteiger partial charge in [0.15, 0.2) is 0 Å². The Kier molecular flexibility index (Phi) is 7.06. The highest BCUT2D eigenvalue weighted by atomic mass is 32.2. The quantitative estimate of drug-likeness (QED) is 0.710. The summed E-state index contributed by atoms with van der Waals surface area (Å²) in [6, 6.07) is 11.8. The molecule has 0 fully saturated rings. The normalized spacial score (nSPS) is 14.8. The summed E-state index contributed by atoms with van der Waals surface area (Å²) in [5.74, 6) is -0.337. The van der Waals surface area contributed by atoms with Gasteiger partial charge >= 0.3 is 10.2 Å². The molecule has 0 saturated carbocycles. The first-order valence-electron chi connectivity index (χ1n) is 10.8. The third-order valence-corrected chi connectivity index (χ3v) is 7.72. The molecule has 0 bridgehead atoms. The second kappa shape index (κ2) is 9.40. The second-order valence-corrected chi connectivity index (χ2v) is 10.7. The molecule has 6 nitrogen and oxygen atoms in total. The Labute approximate surface area is 186 Å². The number of rotatable bonds is 7. The molecule has 2 aromatic carbocycles. The molecule has 0 aliphatic heterocycles. The Morgan fingerprint density at radius 3 is 2.39 bits per heavy atom. The number of aryl methyl sites for hydroxylation is 4. The van der Waals surface area contributed by atoms with E-state index in [1.54, 1.807) is 6.07 Å². The molecular weight excluding hydrogens is 410 g/mol. The van der Waals surface area contributed by atoms with Crippen LogP contribution in [0.5, 0.6) is 0 Å². The SMILES string of the molecule is Cc1ccc(C)c(N(CC(=O)N[C@H](C)c2ccc3c(c2)CCCC3)S(=O)(=O)N(C)C)c1. The maximum atomic E-state index is 13.0. The fourth-order valence-corrected chi connectivity index (χ4v) is 5.12. The van der Waals surface area contributed by atoms with Crippen LogP contribution in [-0.2, 0) is 27.8 Å². The molecule has 0 radical (unpaired) electrons. The fourth-order valence-electron chi connectivity index (χ4n) is 4.00. The van der Waals surface area contributed by atoms with Gasteiger partial charge in [-0.3, -0.25) is 4.79 Å². The van der Waals surface area contributed by atoms with E-state index in [0.717, 1.165) is 33.8 Å². The van der Waals surface area contributed by atoms with Gasteiger partial charge in [0, 0.05) is 14.1 Å². The highest BCUT2D eigenvalue weighted by Crippen LogP contribution is 2.26. The van der Waals surface area contributed by atoms with Crippen LogP contribution in [0.2, 0.25) is 0 Å². The number of carbonyl (C=O) groups excluding carboxylic acids is 1. The van der Waals surface area contributed by atoms with Gasteiger partial charge in [-0.2, -0.15) is 12.7 Å². The second-order valence-electron chi connectivity index (χ2n) is 8.61. The molecule has 1 amide bonds. The van der Waals surface area contributed by atoms with Crippen molar-refractivity contribution in [2.24, 2.45) is 0 Å². The summed E-state index contributed by atoms with van der Waals surface area (Å²) in [6.07, 6.45) is 4.62. The van der Waals surface area contributed by atoms with Gasteiger partial charge in [0.25, 0.3) is 0 Å². The number of amides is 1. The van der Waals surface area contributed by atoms with Crippen molar-refractivity contribution in [3.8, 4) is 0 Å². The number of nitrogens with zero attached hydrogens (tertiary/aromatic N) is 2.